The van der Waals surface area contributed by atoms with Crippen LogP contribution in [0.5, 0.6) is 0 Å². The average Bonchev–Trinajstić information content (AvgIpc) is 3.04. The fourth-order valence-corrected chi connectivity index (χ4v) is 7.49. The first-order chi connectivity index (χ1) is 17.4. The van der Waals surface area contributed by atoms with Crippen LogP contribution in [-0.4, -0.2) is 53.9 Å². The Hall–Kier alpha value is -1.06. The molecule has 1 aliphatic carbocycles. The van der Waals surface area contributed by atoms with Gasteiger partial charge >= 0.3 is 5.97 Å². The van der Waals surface area contributed by atoms with E-state index in [9.17, 15) is 24.0 Å². The summed E-state index contributed by atoms with van der Waals surface area (Å²) in [5.41, 5.74) is -0.474. The van der Waals surface area contributed by atoms with E-state index >= 15 is 0 Å². The maximum Gasteiger partial charge on any atom is 0.309 e. The molecule has 1 saturated carbocycles. The number of aliphatic imine (C=N–C) groups is 1. The number of Topliss-reactive ketones (excluding diaryl/α,β-unsaturated/α-hetero) is 1. The smallest absolute Gasteiger partial charge is 0.309 e. The number of rotatable bonds is 2. The predicted octanol–water partition coefficient (Wildman–Crippen LogP) is 5.23. The van der Waals surface area contributed by atoms with Crippen LogP contribution >= 0.6 is 23.2 Å². The number of ketones is 1. The first-order valence-electron chi connectivity index (χ1n) is 13.3. The Morgan fingerprint density at radius 2 is 1.84 bits per heavy atom. The second kappa shape index (κ2) is 11.4. The van der Waals surface area contributed by atoms with E-state index in [1.54, 1.807) is 39.2 Å². The number of carbonyl (C=O) groups is 2. The minimum absolute atomic E-state index is 0.146. The molecule has 0 aromatic rings. The fourth-order valence-electron chi connectivity index (χ4n) is 5.79. The van der Waals surface area contributed by atoms with Crippen molar-refractivity contribution in [2.24, 2.45) is 33.6 Å². The summed E-state index contributed by atoms with van der Waals surface area (Å²) in [6, 6.07) is 0. The summed E-state index contributed by atoms with van der Waals surface area (Å²) in [6.45, 7) is 12.3. The van der Waals surface area contributed by atoms with Crippen molar-refractivity contribution in [3.05, 3.63) is 22.8 Å². The van der Waals surface area contributed by atoms with Crippen LogP contribution in [0.1, 0.15) is 80.6 Å². The van der Waals surface area contributed by atoms with Gasteiger partial charge in [-0.2, -0.15) is 0 Å². The predicted molar refractivity (Wildman–Crippen MR) is 151 cm³/mol. The molecule has 0 aromatic heterocycles. The Morgan fingerprint density at radius 3 is 2.42 bits per heavy atom. The van der Waals surface area contributed by atoms with E-state index in [0.717, 1.165) is 6.42 Å². The normalized spacial score (nSPS) is 40.6. The van der Waals surface area contributed by atoms with Gasteiger partial charge in [0.2, 0.25) is 0 Å². The molecule has 3 rings (SSSR count). The quantitative estimate of drug-likeness (QED) is 0.337. The van der Waals surface area contributed by atoms with Crippen molar-refractivity contribution in [3.63, 3.8) is 0 Å². The summed E-state index contributed by atoms with van der Waals surface area (Å²) in [4.78, 5) is 30.7. The number of aliphatic hydroxyl groups excluding tert-OH is 2. The first-order valence-corrected chi connectivity index (χ1v) is 15.2. The Kier molecular flexibility index (Phi) is 9.47. The number of hydrogen-bond acceptors (Lipinski definition) is 7. The van der Waals surface area contributed by atoms with Crippen LogP contribution in [0.15, 0.2) is 27.7 Å². The number of fused-ring (bicyclic) bond motifs is 1. The molecule has 8 unspecified atom stereocenters. The summed E-state index contributed by atoms with van der Waals surface area (Å²) in [5.74, 6) is -1.99. The Morgan fingerprint density at radius 1 is 1.21 bits per heavy atom. The van der Waals surface area contributed by atoms with Gasteiger partial charge < -0.3 is 14.9 Å². The van der Waals surface area contributed by atoms with E-state index in [4.69, 9.17) is 27.9 Å². The number of alkyl halides is 2. The van der Waals surface area contributed by atoms with E-state index in [-0.39, 0.29) is 24.0 Å². The number of nitrogens with zero attached hydrogens (tertiary/aromatic N) is 1. The van der Waals surface area contributed by atoms with Crippen molar-refractivity contribution in [1.82, 2.24) is 0 Å². The highest BCUT2D eigenvalue weighted by atomic mass is 35.5. The van der Waals surface area contributed by atoms with Crippen LogP contribution in [0.2, 0.25) is 0 Å². The molecule has 3 aliphatic rings. The van der Waals surface area contributed by atoms with Crippen LogP contribution in [0, 0.1) is 28.6 Å². The van der Waals surface area contributed by atoms with Gasteiger partial charge in [-0.15, -0.1) is 23.2 Å². The zero-order chi connectivity index (χ0) is 28.8. The van der Waals surface area contributed by atoms with Gasteiger partial charge in [-0.25, -0.2) is 9.20 Å². The molecule has 0 amide bonds. The number of cyclic esters (lactones) is 1. The number of carbonyl (C=O) groups excluding carboxylic acids is 2. The van der Waals surface area contributed by atoms with Gasteiger partial charge in [0.05, 0.1) is 40.5 Å². The molecule has 0 bridgehead atoms. The molecule has 2 N–H and O–H groups in total. The van der Waals surface area contributed by atoms with Crippen LogP contribution in [-0.2, 0) is 25.1 Å². The Balaban J connectivity index is 1.94. The number of aliphatic hydroxyl groups is 2. The molecule has 38 heavy (non-hydrogen) atoms. The largest absolute Gasteiger partial charge is 0.458 e. The monoisotopic (exact) mass is 589 g/mol. The van der Waals surface area contributed by atoms with E-state index in [1.807, 2.05) is 20.8 Å². The highest BCUT2D eigenvalue weighted by molar-refractivity contribution is 8.03. The maximum absolute atomic E-state index is 13.3. The van der Waals surface area contributed by atoms with Gasteiger partial charge in [0.25, 0.3) is 0 Å². The molecule has 8 atom stereocenters. The second-order valence-corrected chi connectivity index (χ2v) is 14.9. The van der Waals surface area contributed by atoms with Crippen LogP contribution in [0.4, 0.5) is 0 Å². The number of halogens is 2. The Labute approximate surface area is 238 Å². The van der Waals surface area contributed by atoms with Crippen molar-refractivity contribution in [1.29, 1.82) is 0 Å². The second-order valence-electron chi connectivity index (χ2n) is 12.1. The molecule has 10 heteroatoms. The summed E-state index contributed by atoms with van der Waals surface area (Å²) in [6.07, 6.45) is 0.993. The molecule has 2 aliphatic heterocycles. The molecule has 2 heterocycles. The van der Waals surface area contributed by atoms with Crippen molar-refractivity contribution in [2.45, 2.75) is 103 Å². The maximum atomic E-state index is 13.3. The number of hydrogen-bond donors (Lipinski definition) is 2. The minimum atomic E-state index is -1.30. The average molecular weight is 591 g/mol. The van der Waals surface area contributed by atoms with Crippen LogP contribution in [0.3, 0.4) is 0 Å². The minimum Gasteiger partial charge on any atom is -0.458 e. The summed E-state index contributed by atoms with van der Waals surface area (Å²) in [7, 11) is -1.28. The molecular weight excluding hydrogens is 549 g/mol. The molecular formula is C28H41Cl2NO6S. The zero-order valence-corrected chi connectivity index (χ0v) is 25.6. The van der Waals surface area contributed by atoms with E-state index in [1.165, 1.54) is 0 Å². The van der Waals surface area contributed by atoms with Crippen molar-refractivity contribution in [3.8, 4) is 0 Å². The first kappa shape index (κ1) is 31.5. The van der Waals surface area contributed by atoms with E-state index in [2.05, 4.69) is 4.99 Å². The summed E-state index contributed by atoms with van der Waals surface area (Å²) < 4.78 is 16.9. The molecule has 214 valence electrons. The number of allylic oxidation sites excluding steroid dienone is 1. The van der Waals surface area contributed by atoms with Crippen LogP contribution < -0.4 is 0 Å². The van der Waals surface area contributed by atoms with E-state index < -0.39 is 56.2 Å². The number of esters is 1. The van der Waals surface area contributed by atoms with Crippen molar-refractivity contribution < 1.29 is 28.7 Å². The highest BCUT2D eigenvalue weighted by Crippen LogP contribution is 2.73. The van der Waals surface area contributed by atoms with Gasteiger partial charge in [-0.1, -0.05) is 41.0 Å². The van der Waals surface area contributed by atoms with Crippen LogP contribution in [0.25, 0.3) is 0 Å². The van der Waals surface area contributed by atoms with Gasteiger partial charge in [0, 0.05) is 22.7 Å². The summed E-state index contributed by atoms with van der Waals surface area (Å²) >= 11 is 13.6. The van der Waals surface area contributed by atoms with Gasteiger partial charge in [0.1, 0.15) is 21.3 Å². The third-order valence-corrected chi connectivity index (χ3v) is 11.5. The number of ether oxygens (including phenoxy) is 1. The topological polar surface area (TPSA) is 113 Å². The highest BCUT2D eigenvalue weighted by Gasteiger charge is 2.72. The molecule has 0 spiro atoms. The lowest BCUT2D eigenvalue weighted by molar-refractivity contribution is -0.154. The third kappa shape index (κ3) is 6.14. The van der Waals surface area contributed by atoms with Crippen molar-refractivity contribution >= 4 is 50.8 Å². The fraction of sp³-hybridized carbons (Fsp3) is 0.750. The van der Waals surface area contributed by atoms with Crippen molar-refractivity contribution in [2.75, 3.05) is 0 Å². The molecule has 1 saturated heterocycles. The van der Waals surface area contributed by atoms with E-state index in [0.29, 0.717) is 35.6 Å². The lowest BCUT2D eigenvalue weighted by Crippen LogP contribution is -2.45. The molecule has 0 aromatic carbocycles. The molecule has 0 radical (unpaired) electrons. The summed E-state index contributed by atoms with van der Waals surface area (Å²) in [5, 5.41) is 23.9. The molecule has 2 fully saturated rings. The van der Waals surface area contributed by atoms with Gasteiger partial charge in [-0.3, -0.25) is 9.59 Å². The zero-order valence-electron chi connectivity index (χ0n) is 23.3. The van der Waals surface area contributed by atoms with Gasteiger partial charge in [-0.05, 0) is 50.7 Å². The van der Waals surface area contributed by atoms with Gasteiger partial charge in [0.15, 0.2) is 0 Å². The lowest BCUT2D eigenvalue weighted by atomic mass is 9.73. The molecule has 7 nitrogen and oxygen atoms in total. The lowest BCUT2D eigenvalue weighted by Gasteiger charge is -2.34. The standard InChI is InChI=1S/C28H41Cl2NO6S/c1-15-9-8-10-27(7)21(28(27,29)30)12-20(16(2)11-19-14-38(36)18(4)31-19)37-23(33)13-22(32)26(5,6)25(35)17(3)24(15)34/h11,14-15,17,20-22,24,32,34H,8-10,12-13H2,1-7H3/b16-11+. The third-order valence-electron chi connectivity index (χ3n) is 8.99. The Bertz CT molecular complexity index is 1080. The SMILES string of the molecule is CC1=NC(/C=C(\C)C2CC3C(Cl)(Cl)C3(C)CCCC(C)C(O)C(C)C(=O)C(C)(C)C(O)CC(=O)O2)=CS1=O.